The molecule has 2 aromatic rings. The van der Waals surface area contributed by atoms with Gasteiger partial charge in [0, 0.05) is 32.2 Å². The van der Waals surface area contributed by atoms with Gasteiger partial charge in [-0.25, -0.2) is 0 Å². The lowest BCUT2D eigenvalue weighted by Crippen LogP contribution is -2.58. The van der Waals surface area contributed by atoms with Crippen LogP contribution in [0.2, 0.25) is 0 Å². The molecule has 10 nitrogen and oxygen atoms in total. The van der Waals surface area contributed by atoms with Crippen molar-refractivity contribution >= 4 is 34.8 Å². The minimum Gasteiger partial charge on any atom is -0.497 e. The predicted molar refractivity (Wildman–Crippen MR) is 137 cm³/mol. The Kier molecular flexibility index (Phi) is 6.68. The highest BCUT2D eigenvalue weighted by atomic mass is 16.5. The fraction of sp³-hybridized carbons (Fsp3) is 0.444. The number of likely N-dealkylation sites (tertiary alicyclic amines) is 1. The van der Waals surface area contributed by atoms with Crippen molar-refractivity contribution in [3.05, 3.63) is 48.0 Å². The zero-order valence-electron chi connectivity index (χ0n) is 21.0. The number of nitrogens with zero attached hydrogens (tertiary/aromatic N) is 4. The summed E-state index contributed by atoms with van der Waals surface area (Å²) >= 11 is 0. The molecule has 3 aliphatic rings. The van der Waals surface area contributed by atoms with E-state index in [1.54, 1.807) is 36.1 Å². The van der Waals surface area contributed by atoms with E-state index >= 15 is 0 Å². The van der Waals surface area contributed by atoms with Crippen molar-refractivity contribution in [2.45, 2.75) is 44.6 Å². The molecule has 3 heterocycles. The number of amides is 2. The van der Waals surface area contributed by atoms with E-state index in [4.69, 9.17) is 4.74 Å². The topological polar surface area (TPSA) is 114 Å². The van der Waals surface area contributed by atoms with E-state index in [-0.39, 0.29) is 30.7 Å². The number of carbonyl (C=O) groups excluding carboxylic acids is 2. The monoisotopic (exact) mass is 508 g/mol. The number of aliphatic hydroxyl groups is 1. The fourth-order valence-corrected chi connectivity index (χ4v) is 5.52. The van der Waals surface area contributed by atoms with Crippen molar-refractivity contribution in [2.75, 3.05) is 41.9 Å². The lowest BCUT2D eigenvalue weighted by molar-refractivity contribution is -0.150. The van der Waals surface area contributed by atoms with Crippen LogP contribution in [0.25, 0.3) is 0 Å². The minimum absolute atomic E-state index is 0.163. The molecule has 0 radical (unpaired) electrons. The van der Waals surface area contributed by atoms with Gasteiger partial charge < -0.3 is 29.6 Å². The molecule has 0 aromatic heterocycles. The van der Waals surface area contributed by atoms with Crippen LogP contribution in [0.15, 0.2) is 42.5 Å². The summed E-state index contributed by atoms with van der Waals surface area (Å²) in [6.45, 7) is 1.46. The molecule has 2 saturated heterocycles. The predicted octanol–water partition coefficient (Wildman–Crippen LogP) is 2.25. The first-order chi connectivity index (χ1) is 17.8. The van der Waals surface area contributed by atoms with Crippen molar-refractivity contribution < 1.29 is 29.3 Å². The van der Waals surface area contributed by atoms with Crippen LogP contribution in [0.5, 0.6) is 5.75 Å². The highest BCUT2D eigenvalue weighted by molar-refractivity contribution is 6.02. The van der Waals surface area contributed by atoms with E-state index in [0.717, 1.165) is 22.6 Å². The molecule has 2 fully saturated rings. The Labute approximate surface area is 215 Å². The van der Waals surface area contributed by atoms with Crippen LogP contribution in [0.1, 0.15) is 31.2 Å². The van der Waals surface area contributed by atoms with Gasteiger partial charge in [0.1, 0.15) is 11.8 Å². The molecule has 2 amide bonds. The number of aliphatic hydroxyl groups excluding tert-OH is 1. The first-order valence-corrected chi connectivity index (χ1v) is 12.6. The Morgan fingerprint density at radius 2 is 1.73 bits per heavy atom. The van der Waals surface area contributed by atoms with Gasteiger partial charge in [0.2, 0.25) is 12.3 Å². The minimum atomic E-state index is -1.05. The average molecular weight is 509 g/mol. The Bertz CT molecular complexity index is 1190. The van der Waals surface area contributed by atoms with Gasteiger partial charge in [-0.1, -0.05) is 12.1 Å². The summed E-state index contributed by atoms with van der Waals surface area (Å²) in [5.41, 5.74) is 3.29. The molecule has 0 saturated carbocycles. The van der Waals surface area contributed by atoms with Crippen molar-refractivity contribution in [1.82, 2.24) is 4.90 Å². The molecule has 3 aliphatic heterocycles. The fourth-order valence-electron chi connectivity index (χ4n) is 5.52. The Morgan fingerprint density at radius 1 is 1.03 bits per heavy atom. The number of hydrogen-bond acceptors (Lipinski definition) is 8. The lowest BCUT2D eigenvalue weighted by Gasteiger charge is -2.38. The number of carboxylic acid groups (broad SMARTS) is 1. The van der Waals surface area contributed by atoms with Gasteiger partial charge >= 0.3 is 5.97 Å². The van der Waals surface area contributed by atoms with Crippen molar-refractivity contribution in [3.8, 4) is 5.75 Å². The molecule has 2 unspecified atom stereocenters. The molecule has 2 atom stereocenters. The summed E-state index contributed by atoms with van der Waals surface area (Å²) in [5, 5.41) is 20.4. The molecule has 0 aliphatic carbocycles. The zero-order valence-corrected chi connectivity index (χ0v) is 21.0. The standard InChI is InChI=1S/C27H32N4O6/c1-28-23-15-19(29-13-11-18(12-14-29)26(34)35)5-8-21(23)31(27(28)36)22-9-10-24(32)30(25(22)33)16-17-3-6-20(37-2)7-4-17/h3-8,15,18,22,27,36H,9-14,16H2,1-2H3,(H,34,35). The van der Waals surface area contributed by atoms with Crippen LogP contribution in [0.3, 0.4) is 0 Å². The van der Waals surface area contributed by atoms with Gasteiger partial charge in [-0.2, -0.15) is 0 Å². The number of carbonyl (C=O) groups is 3. The van der Waals surface area contributed by atoms with Crippen LogP contribution in [-0.2, 0) is 20.9 Å². The third kappa shape index (κ3) is 4.57. The number of piperidine rings is 2. The van der Waals surface area contributed by atoms with E-state index in [1.807, 2.05) is 30.3 Å². The van der Waals surface area contributed by atoms with Crippen LogP contribution in [-0.4, -0.2) is 72.5 Å². The van der Waals surface area contributed by atoms with Crippen molar-refractivity contribution in [3.63, 3.8) is 0 Å². The second-order valence-corrected chi connectivity index (χ2v) is 9.86. The Balaban J connectivity index is 1.36. The molecular weight excluding hydrogens is 476 g/mol. The number of hydrogen-bond donors (Lipinski definition) is 2. The maximum absolute atomic E-state index is 13.6. The van der Waals surface area contributed by atoms with Gasteiger partial charge in [-0.05, 0) is 55.2 Å². The summed E-state index contributed by atoms with van der Waals surface area (Å²) < 4.78 is 5.19. The van der Waals surface area contributed by atoms with E-state index < -0.39 is 18.4 Å². The number of ether oxygens (including phenoxy) is 1. The van der Waals surface area contributed by atoms with Crippen LogP contribution < -0.4 is 19.4 Å². The van der Waals surface area contributed by atoms with Crippen LogP contribution in [0, 0.1) is 5.92 Å². The SMILES string of the molecule is COc1ccc(CN2C(=O)CCC(N3c4ccc(N5CCC(C(=O)O)CC5)cc4N(C)C3O)C2=O)cc1. The average Bonchev–Trinajstić information content (AvgIpc) is 3.16. The number of imide groups is 1. The number of rotatable bonds is 6. The second kappa shape index (κ2) is 9.93. The normalized spacial score (nSPS) is 22.5. The van der Waals surface area contributed by atoms with Crippen LogP contribution >= 0.6 is 0 Å². The maximum Gasteiger partial charge on any atom is 0.306 e. The molecule has 5 rings (SSSR count). The molecule has 10 heteroatoms. The summed E-state index contributed by atoms with van der Waals surface area (Å²) in [6, 6.07) is 12.4. The second-order valence-electron chi connectivity index (χ2n) is 9.86. The maximum atomic E-state index is 13.6. The first-order valence-electron chi connectivity index (χ1n) is 12.6. The largest absolute Gasteiger partial charge is 0.497 e. The molecule has 2 aromatic carbocycles. The lowest BCUT2D eigenvalue weighted by atomic mass is 9.96. The molecule has 37 heavy (non-hydrogen) atoms. The molecule has 2 N–H and O–H groups in total. The first kappa shape index (κ1) is 24.9. The Hall–Kier alpha value is -3.79. The van der Waals surface area contributed by atoms with E-state index in [1.165, 1.54) is 4.90 Å². The third-order valence-electron chi connectivity index (χ3n) is 7.74. The Morgan fingerprint density at radius 3 is 2.38 bits per heavy atom. The summed E-state index contributed by atoms with van der Waals surface area (Å²) in [4.78, 5) is 44.4. The van der Waals surface area contributed by atoms with Crippen LogP contribution in [0.4, 0.5) is 17.1 Å². The van der Waals surface area contributed by atoms with Gasteiger partial charge in [0.05, 0.1) is 30.9 Å². The smallest absolute Gasteiger partial charge is 0.306 e. The summed E-state index contributed by atoms with van der Waals surface area (Å²) in [7, 11) is 3.36. The van der Waals surface area contributed by atoms with Gasteiger partial charge in [0.25, 0.3) is 5.91 Å². The van der Waals surface area contributed by atoms with E-state index in [2.05, 4.69) is 4.90 Å². The van der Waals surface area contributed by atoms with Gasteiger partial charge in [-0.3, -0.25) is 19.3 Å². The third-order valence-corrected chi connectivity index (χ3v) is 7.74. The van der Waals surface area contributed by atoms with Gasteiger partial charge in [-0.15, -0.1) is 0 Å². The number of carboxylic acids is 1. The molecular formula is C27H32N4O6. The van der Waals surface area contributed by atoms with Crippen molar-refractivity contribution in [2.24, 2.45) is 5.92 Å². The number of benzene rings is 2. The number of methoxy groups -OCH3 is 1. The highest BCUT2D eigenvalue weighted by Crippen LogP contribution is 2.43. The summed E-state index contributed by atoms with van der Waals surface area (Å²) in [6.07, 6.45) is 0.668. The molecule has 196 valence electrons. The van der Waals surface area contributed by atoms with E-state index in [0.29, 0.717) is 38.1 Å². The molecule has 0 bridgehead atoms. The number of aliphatic carboxylic acids is 1. The highest BCUT2D eigenvalue weighted by Gasteiger charge is 2.45. The zero-order chi connectivity index (χ0) is 26.3. The summed E-state index contributed by atoms with van der Waals surface area (Å²) in [5.74, 6) is -0.912. The number of anilines is 3. The van der Waals surface area contributed by atoms with E-state index in [9.17, 15) is 24.6 Å². The quantitative estimate of drug-likeness (QED) is 0.567. The molecule has 0 spiro atoms. The van der Waals surface area contributed by atoms with Gasteiger partial charge in [0.15, 0.2) is 0 Å². The number of fused-ring (bicyclic) bond motifs is 1. The van der Waals surface area contributed by atoms with Crippen molar-refractivity contribution in [1.29, 1.82) is 0 Å².